The predicted molar refractivity (Wildman–Crippen MR) is 36.7 cm³/mol. The van der Waals surface area contributed by atoms with Gasteiger partial charge in [0.25, 0.3) is 0 Å². The minimum atomic E-state index is -0.844. The van der Waals surface area contributed by atoms with Gasteiger partial charge in [0.05, 0.1) is 18.5 Å². The molecule has 0 saturated heterocycles. The van der Waals surface area contributed by atoms with Gasteiger partial charge in [-0.15, -0.1) is 12.6 Å². The van der Waals surface area contributed by atoms with Crippen LogP contribution in [0.4, 0.5) is 0 Å². The quantitative estimate of drug-likeness (QED) is 0.459. The van der Waals surface area contributed by atoms with Gasteiger partial charge in [-0.3, -0.25) is 4.79 Å². The van der Waals surface area contributed by atoms with E-state index in [1.165, 1.54) is 0 Å². The summed E-state index contributed by atoms with van der Waals surface area (Å²) in [7, 11) is 0. The number of thiol groups is 1. The molecule has 0 saturated carbocycles. The maximum Gasteiger partial charge on any atom is 0.305 e. The van der Waals surface area contributed by atoms with Crippen LogP contribution in [0.15, 0.2) is 0 Å². The average molecular weight is 150 g/mol. The topological polar surface area (TPSA) is 46.5 Å². The number of hydrogen-bond donors (Lipinski definition) is 2. The lowest BCUT2D eigenvalue weighted by atomic mass is 10.5. The smallest absolute Gasteiger partial charge is 0.305 e. The molecule has 0 amide bonds. The molecule has 4 heteroatoms. The summed E-state index contributed by atoms with van der Waals surface area (Å²) < 4.78 is 4.84. The summed E-state index contributed by atoms with van der Waals surface area (Å²) in [6.07, 6.45) is 0.0465. The molecule has 0 aliphatic carbocycles. The fourth-order valence-corrected chi connectivity index (χ4v) is 0.422. The second-order valence-electron chi connectivity index (χ2n) is 1.61. The zero-order valence-corrected chi connectivity index (χ0v) is 6.10. The van der Waals surface area contributed by atoms with Crippen molar-refractivity contribution in [2.24, 2.45) is 0 Å². The van der Waals surface area contributed by atoms with E-state index in [9.17, 15) is 4.79 Å². The molecule has 0 aromatic rings. The molecule has 0 aromatic heterocycles. The number of hydrogen-bond acceptors (Lipinski definition) is 3. The van der Waals surface area contributed by atoms with Crippen LogP contribution in [0.25, 0.3) is 0 Å². The molecule has 0 spiro atoms. The van der Waals surface area contributed by atoms with E-state index in [1.54, 1.807) is 6.92 Å². The van der Waals surface area contributed by atoms with E-state index in [0.717, 1.165) is 0 Å². The van der Waals surface area contributed by atoms with E-state index >= 15 is 0 Å². The van der Waals surface area contributed by atoms with E-state index in [2.05, 4.69) is 12.6 Å². The second-order valence-corrected chi connectivity index (χ2v) is 2.34. The van der Waals surface area contributed by atoms with Gasteiger partial charge in [0.2, 0.25) is 0 Å². The normalized spacial score (nSPS) is 13.1. The Bertz CT molecular complexity index is 92.2. The number of rotatable bonds is 4. The molecule has 0 aliphatic rings. The summed E-state index contributed by atoms with van der Waals surface area (Å²) >= 11 is 3.89. The Labute approximate surface area is 59.4 Å². The lowest BCUT2D eigenvalue weighted by Gasteiger charge is -2.02. The highest BCUT2D eigenvalue weighted by Gasteiger charge is 1.97. The Morgan fingerprint density at radius 1 is 1.89 bits per heavy atom. The van der Waals surface area contributed by atoms with Crippen molar-refractivity contribution in [3.05, 3.63) is 0 Å². The first kappa shape index (κ1) is 8.78. The lowest BCUT2D eigenvalue weighted by Crippen LogP contribution is -2.06. The molecule has 0 aromatic carbocycles. The van der Waals surface area contributed by atoms with E-state index in [-0.39, 0.29) is 18.5 Å². The van der Waals surface area contributed by atoms with Gasteiger partial charge in [0, 0.05) is 0 Å². The summed E-state index contributed by atoms with van der Waals surface area (Å²) in [5.41, 5.74) is -0.177. The lowest BCUT2D eigenvalue weighted by molar-refractivity contribution is -0.138. The Balaban J connectivity index is 3.01. The highest BCUT2D eigenvalue weighted by Crippen LogP contribution is 1.95. The third-order valence-electron chi connectivity index (χ3n) is 0.675. The predicted octanol–water partition coefficient (Wildman–Crippen LogP) is 0.753. The summed E-state index contributed by atoms with van der Waals surface area (Å²) in [6, 6.07) is 0. The molecular weight excluding hydrogens is 140 g/mol. The van der Waals surface area contributed by atoms with Crippen molar-refractivity contribution in [1.82, 2.24) is 0 Å². The molecule has 0 rings (SSSR count). The summed E-state index contributed by atoms with van der Waals surface area (Å²) in [6.45, 7) is 1.98. The number of aliphatic carboxylic acids is 1. The van der Waals surface area contributed by atoms with Crippen LogP contribution in [0.2, 0.25) is 0 Å². The van der Waals surface area contributed by atoms with E-state index in [0.29, 0.717) is 0 Å². The third-order valence-corrected chi connectivity index (χ3v) is 0.824. The van der Waals surface area contributed by atoms with Gasteiger partial charge >= 0.3 is 5.97 Å². The van der Waals surface area contributed by atoms with Crippen LogP contribution in [0, 0.1) is 0 Å². The van der Waals surface area contributed by atoms with E-state index in [1.807, 2.05) is 0 Å². The van der Waals surface area contributed by atoms with Crippen molar-refractivity contribution < 1.29 is 14.6 Å². The zero-order valence-electron chi connectivity index (χ0n) is 5.20. The van der Waals surface area contributed by atoms with Crippen molar-refractivity contribution in [1.29, 1.82) is 0 Å². The molecule has 9 heavy (non-hydrogen) atoms. The SMILES string of the molecule is CC(S)OCCC(=O)O. The number of carboxylic acid groups (broad SMARTS) is 1. The fraction of sp³-hybridized carbons (Fsp3) is 0.800. The van der Waals surface area contributed by atoms with Crippen LogP contribution < -0.4 is 0 Å². The van der Waals surface area contributed by atoms with Gasteiger partial charge < -0.3 is 9.84 Å². The molecule has 0 heterocycles. The summed E-state index contributed by atoms with van der Waals surface area (Å²) in [5.74, 6) is -0.844. The molecule has 3 nitrogen and oxygen atoms in total. The van der Waals surface area contributed by atoms with Crippen LogP contribution in [0.1, 0.15) is 13.3 Å². The number of ether oxygens (including phenoxy) is 1. The number of carbonyl (C=O) groups is 1. The third kappa shape index (κ3) is 7.78. The van der Waals surface area contributed by atoms with Gasteiger partial charge in [0.15, 0.2) is 0 Å². The van der Waals surface area contributed by atoms with Gasteiger partial charge in [-0.05, 0) is 6.92 Å². The Morgan fingerprint density at radius 2 is 2.44 bits per heavy atom. The first-order valence-electron chi connectivity index (χ1n) is 2.64. The van der Waals surface area contributed by atoms with Crippen LogP contribution in [0.3, 0.4) is 0 Å². The fourth-order valence-electron chi connectivity index (χ4n) is 0.317. The first-order valence-corrected chi connectivity index (χ1v) is 3.16. The van der Waals surface area contributed by atoms with E-state index < -0.39 is 5.97 Å². The van der Waals surface area contributed by atoms with Crippen LogP contribution in [-0.2, 0) is 9.53 Å². The maximum absolute atomic E-state index is 9.88. The van der Waals surface area contributed by atoms with Crippen molar-refractivity contribution in [2.45, 2.75) is 18.8 Å². The standard InChI is InChI=1S/C5H10O3S/c1-4(9)8-3-2-5(6)7/h4,9H,2-3H2,1H3,(H,6,7). The molecule has 0 bridgehead atoms. The molecule has 0 radical (unpaired) electrons. The van der Waals surface area contributed by atoms with E-state index in [4.69, 9.17) is 9.84 Å². The zero-order chi connectivity index (χ0) is 7.28. The molecule has 1 atom stereocenters. The van der Waals surface area contributed by atoms with Gasteiger partial charge in [-0.25, -0.2) is 0 Å². The summed E-state index contributed by atoms with van der Waals surface area (Å²) in [5, 5.41) is 8.12. The van der Waals surface area contributed by atoms with Crippen LogP contribution in [-0.4, -0.2) is 23.1 Å². The summed E-state index contributed by atoms with van der Waals surface area (Å²) in [4.78, 5) is 9.88. The molecule has 1 unspecified atom stereocenters. The van der Waals surface area contributed by atoms with Crippen LogP contribution >= 0.6 is 12.6 Å². The highest BCUT2D eigenvalue weighted by molar-refractivity contribution is 7.80. The molecule has 0 fully saturated rings. The largest absolute Gasteiger partial charge is 0.481 e. The average Bonchev–Trinajstić information content (AvgIpc) is 1.63. The molecular formula is C5H10O3S. The molecule has 0 aliphatic heterocycles. The Kier molecular flexibility index (Phi) is 4.53. The maximum atomic E-state index is 9.88. The van der Waals surface area contributed by atoms with Crippen molar-refractivity contribution in [2.75, 3.05) is 6.61 Å². The number of carboxylic acids is 1. The van der Waals surface area contributed by atoms with Gasteiger partial charge in [-0.2, -0.15) is 0 Å². The highest BCUT2D eigenvalue weighted by atomic mass is 32.1. The monoisotopic (exact) mass is 150 g/mol. The molecule has 1 N–H and O–H groups in total. The minimum absolute atomic E-state index is 0.0465. The Hall–Kier alpha value is -0.220. The van der Waals surface area contributed by atoms with Crippen LogP contribution in [0.5, 0.6) is 0 Å². The molecule has 54 valence electrons. The minimum Gasteiger partial charge on any atom is -0.481 e. The van der Waals surface area contributed by atoms with Gasteiger partial charge in [-0.1, -0.05) is 0 Å². The Morgan fingerprint density at radius 3 is 2.78 bits per heavy atom. The first-order chi connectivity index (χ1) is 4.13. The van der Waals surface area contributed by atoms with Gasteiger partial charge in [0.1, 0.15) is 0 Å². The van der Waals surface area contributed by atoms with Crippen molar-refractivity contribution in [3.8, 4) is 0 Å². The van der Waals surface area contributed by atoms with Crippen molar-refractivity contribution >= 4 is 18.6 Å². The second kappa shape index (κ2) is 4.64. The van der Waals surface area contributed by atoms with Crippen molar-refractivity contribution in [3.63, 3.8) is 0 Å².